The van der Waals surface area contributed by atoms with Gasteiger partial charge in [-0.05, 0) is 61.7 Å². The van der Waals surface area contributed by atoms with Gasteiger partial charge in [0.25, 0.3) is 10.0 Å². The van der Waals surface area contributed by atoms with E-state index < -0.39 is 10.0 Å². The van der Waals surface area contributed by atoms with Crippen LogP contribution in [-0.2, 0) is 10.0 Å². The Morgan fingerprint density at radius 1 is 0.870 bits per heavy atom. The highest BCUT2D eigenvalue weighted by molar-refractivity contribution is 7.92. The number of aryl methyl sites for hydroxylation is 3. The van der Waals surface area contributed by atoms with E-state index in [2.05, 4.69) is 14.7 Å². The second-order valence-electron chi connectivity index (χ2n) is 5.64. The zero-order valence-electron chi connectivity index (χ0n) is 13.0. The fraction of sp³-hybridized carbons (Fsp3) is 0.188. The zero-order chi connectivity index (χ0) is 16.8. The van der Waals surface area contributed by atoms with E-state index in [1.165, 1.54) is 0 Å². The van der Waals surface area contributed by atoms with Crippen molar-refractivity contribution in [2.75, 3.05) is 4.72 Å². The lowest BCUT2D eigenvalue weighted by Crippen LogP contribution is -2.14. The summed E-state index contributed by atoms with van der Waals surface area (Å²) in [6.07, 6.45) is 0. The summed E-state index contributed by atoms with van der Waals surface area (Å²) in [5.74, 6) is 0. The van der Waals surface area contributed by atoms with Crippen molar-refractivity contribution in [3.63, 3.8) is 0 Å². The number of benzene rings is 2. The van der Waals surface area contributed by atoms with Gasteiger partial charge < -0.3 is 9.97 Å². The highest BCUT2D eigenvalue weighted by Gasteiger charge is 2.16. The molecule has 23 heavy (non-hydrogen) atoms. The molecule has 0 saturated heterocycles. The lowest BCUT2D eigenvalue weighted by molar-refractivity contribution is 0.601. The molecule has 1 aromatic heterocycles. The molecule has 3 N–H and O–H groups in total. The third-order valence-electron chi connectivity index (χ3n) is 3.89. The molecule has 0 fully saturated rings. The third kappa shape index (κ3) is 2.87. The van der Waals surface area contributed by atoms with Crippen LogP contribution in [0.1, 0.15) is 16.7 Å². The van der Waals surface area contributed by atoms with Gasteiger partial charge in [0.2, 0.25) is 0 Å². The van der Waals surface area contributed by atoms with E-state index in [1.807, 2.05) is 13.8 Å². The van der Waals surface area contributed by atoms with E-state index in [0.29, 0.717) is 16.7 Å². The van der Waals surface area contributed by atoms with Gasteiger partial charge in [-0.25, -0.2) is 13.2 Å². The molecule has 0 aliphatic rings. The van der Waals surface area contributed by atoms with E-state index in [4.69, 9.17) is 0 Å². The highest BCUT2D eigenvalue weighted by atomic mass is 32.2. The Morgan fingerprint density at radius 3 is 2.17 bits per heavy atom. The van der Waals surface area contributed by atoms with Gasteiger partial charge in [-0.15, -0.1) is 0 Å². The lowest BCUT2D eigenvalue weighted by Gasteiger charge is -2.12. The van der Waals surface area contributed by atoms with Crippen LogP contribution in [0.4, 0.5) is 5.69 Å². The van der Waals surface area contributed by atoms with Crippen molar-refractivity contribution in [1.29, 1.82) is 0 Å². The van der Waals surface area contributed by atoms with Crippen LogP contribution < -0.4 is 10.4 Å². The SMILES string of the molecule is Cc1ccc(S(=O)(=O)Nc2cc3[nH]c(=O)[nH]c3cc2C)cc1C. The van der Waals surface area contributed by atoms with Crippen molar-refractivity contribution < 1.29 is 8.42 Å². The number of rotatable bonds is 3. The predicted octanol–water partition coefficient (Wildman–Crippen LogP) is 2.58. The molecule has 7 heteroatoms. The van der Waals surface area contributed by atoms with Gasteiger partial charge in [-0.3, -0.25) is 4.72 Å². The number of aromatic amines is 2. The quantitative estimate of drug-likeness (QED) is 0.688. The van der Waals surface area contributed by atoms with Gasteiger partial charge in [0.15, 0.2) is 0 Å². The van der Waals surface area contributed by atoms with Crippen molar-refractivity contribution in [3.8, 4) is 0 Å². The number of H-pyrrole nitrogens is 2. The maximum Gasteiger partial charge on any atom is 0.323 e. The molecule has 6 nitrogen and oxygen atoms in total. The first kappa shape index (κ1) is 15.4. The monoisotopic (exact) mass is 331 g/mol. The molecule has 0 bridgehead atoms. The summed E-state index contributed by atoms with van der Waals surface area (Å²) < 4.78 is 27.7. The molecule has 1 heterocycles. The van der Waals surface area contributed by atoms with Crippen LogP contribution in [-0.4, -0.2) is 18.4 Å². The number of hydrogen-bond acceptors (Lipinski definition) is 3. The molecule has 3 aromatic rings. The van der Waals surface area contributed by atoms with E-state index in [1.54, 1.807) is 37.3 Å². The van der Waals surface area contributed by atoms with Crippen LogP contribution in [0.5, 0.6) is 0 Å². The first-order valence-corrected chi connectivity index (χ1v) is 8.57. The smallest absolute Gasteiger partial charge is 0.306 e. The summed E-state index contributed by atoms with van der Waals surface area (Å²) in [5.41, 5.74) is 3.97. The van der Waals surface area contributed by atoms with Gasteiger partial charge in [-0.2, -0.15) is 0 Å². The Balaban J connectivity index is 2.04. The summed E-state index contributed by atoms with van der Waals surface area (Å²) in [4.78, 5) is 16.8. The lowest BCUT2D eigenvalue weighted by atomic mass is 10.1. The molecule has 0 spiro atoms. The Kier molecular flexibility index (Phi) is 3.52. The Labute approximate surface area is 133 Å². The number of anilines is 1. The molecule has 0 saturated carbocycles. The third-order valence-corrected chi connectivity index (χ3v) is 5.26. The van der Waals surface area contributed by atoms with Crippen LogP contribution in [0.25, 0.3) is 11.0 Å². The van der Waals surface area contributed by atoms with Crippen molar-refractivity contribution >= 4 is 26.7 Å². The van der Waals surface area contributed by atoms with Gasteiger partial charge in [0.1, 0.15) is 0 Å². The summed E-state index contributed by atoms with van der Waals surface area (Å²) in [5, 5.41) is 0. The van der Waals surface area contributed by atoms with Gasteiger partial charge in [-0.1, -0.05) is 6.07 Å². The number of nitrogens with one attached hydrogen (secondary N) is 3. The summed E-state index contributed by atoms with van der Waals surface area (Å²) in [7, 11) is -3.69. The standard InChI is InChI=1S/C16H17N3O3S/c1-9-4-5-12(6-10(9)2)23(21,22)19-13-8-15-14(7-11(13)3)17-16(20)18-15/h4-8,19H,1-3H3,(H2,17,18,20). The van der Waals surface area contributed by atoms with E-state index in [0.717, 1.165) is 16.7 Å². The summed E-state index contributed by atoms with van der Waals surface area (Å²) in [6.45, 7) is 5.58. The number of aromatic nitrogens is 2. The molecular weight excluding hydrogens is 314 g/mol. The van der Waals surface area contributed by atoms with Gasteiger partial charge in [0.05, 0.1) is 21.6 Å². The number of sulfonamides is 1. The average molecular weight is 331 g/mol. The molecule has 0 atom stereocenters. The molecule has 0 amide bonds. The van der Waals surface area contributed by atoms with Crippen molar-refractivity contribution in [3.05, 3.63) is 57.5 Å². The first-order chi connectivity index (χ1) is 10.8. The normalized spacial score (nSPS) is 11.8. The summed E-state index contributed by atoms with van der Waals surface area (Å²) in [6, 6.07) is 8.34. The van der Waals surface area contributed by atoms with Crippen molar-refractivity contribution in [2.24, 2.45) is 0 Å². The van der Waals surface area contributed by atoms with Crippen LogP contribution in [0.2, 0.25) is 0 Å². The summed E-state index contributed by atoms with van der Waals surface area (Å²) >= 11 is 0. The van der Waals surface area contributed by atoms with Crippen LogP contribution in [0.15, 0.2) is 40.0 Å². The molecular formula is C16H17N3O3S. The molecule has 0 unspecified atom stereocenters. The number of imidazole rings is 1. The van der Waals surface area contributed by atoms with Crippen LogP contribution in [0.3, 0.4) is 0 Å². The largest absolute Gasteiger partial charge is 0.323 e. The topological polar surface area (TPSA) is 94.8 Å². The minimum Gasteiger partial charge on any atom is -0.306 e. The average Bonchev–Trinajstić information content (AvgIpc) is 2.81. The predicted molar refractivity (Wildman–Crippen MR) is 90.4 cm³/mol. The molecule has 3 rings (SSSR count). The molecule has 2 aromatic carbocycles. The Bertz CT molecular complexity index is 1060. The van der Waals surface area contributed by atoms with E-state index >= 15 is 0 Å². The molecule has 0 aliphatic heterocycles. The second kappa shape index (κ2) is 5.27. The maximum absolute atomic E-state index is 12.6. The van der Waals surface area contributed by atoms with Gasteiger partial charge >= 0.3 is 5.69 Å². The van der Waals surface area contributed by atoms with Crippen LogP contribution >= 0.6 is 0 Å². The van der Waals surface area contributed by atoms with E-state index in [-0.39, 0.29) is 10.6 Å². The maximum atomic E-state index is 12.6. The number of fused-ring (bicyclic) bond motifs is 1. The molecule has 0 aliphatic carbocycles. The number of hydrogen-bond donors (Lipinski definition) is 3. The van der Waals surface area contributed by atoms with E-state index in [9.17, 15) is 13.2 Å². The highest BCUT2D eigenvalue weighted by Crippen LogP contribution is 2.24. The minimum absolute atomic E-state index is 0.211. The molecule has 0 radical (unpaired) electrons. The fourth-order valence-corrected chi connectivity index (χ4v) is 3.59. The molecule has 120 valence electrons. The first-order valence-electron chi connectivity index (χ1n) is 7.09. The zero-order valence-corrected chi connectivity index (χ0v) is 13.8. The fourth-order valence-electron chi connectivity index (χ4n) is 2.39. The van der Waals surface area contributed by atoms with Crippen LogP contribution in [0, 0.1) is 20.8 Å². The van der Waals surface area contributed by atoms with Gasteiger partial charge in [0, 0.05) is 0 Å². The Hall–Kier alpha value is -2.54. The van der Waals surface area contributed by atoms with Crippen molar-refractivity contribution in [2.45, 2.75) is 25.7 Å². The minimum atomic E-state index is -3.69. The second-order valence-corrected chi connectivity index (χ2v) is 7.33. The Morgan fingerprint density at radius 2 is 1.52 bits per heavy atom. The van der Waals surface area contributed by atoms with Crippen molar-refractivity contribution in [1.82, 2.24) is 9.97 Å².